The van der Waals surface area contributed by atoms with Crippen molar-refractivity contribution in [2.45, 2.75) is 66.6 Å². The highest BCUT2D eigenvalue weighted by Gasteiger charge is 2.30. The molecule has 0 bridgehead atoms. The molecule has 1 aromatic rings. The van der Waals surface area contributed by atoms with Gasteiger partial charge in [-0.3, -0.25) is 0 Å². The molecule has 1 rings (SSSR count). The third-order valence-electron chi connectivity index (χ3n) is 4.54. The van der Waals surface area contributed by atoms with Crippen LogP contribution in [0, 0.1) is 0 Å². The topological polar surface area (TPSA) is 23.4 Å². The zero-order valence-corrected chi connectivity index (χ0v) is 18.1. The number of nitrogens with one attached hydrogen (secondary N) is 1. The first-order valence-electron chi connectivity index (χ1n) is 9.56. The summed E-state index contributed by atoms with van der Waals surface area (Å²) in [6, 6.07) is 4.35. The second-order valence-corrected chi connectivity index (χ2v) is 7.61. The largest absolute Gasteiger partial charge is 0.391 e. The third kappa shape index (κ3) is 7.33. The molecule has 1 heterocycles. The maximum absolute atomic E-state index is 3.39. The fourth-order valence-corrected chi connectivity index (χ4v) is 2.85. The SMILES string of the molecule is C=CC.CCCCN(B(C)NC)B(C)N(C)c1cccn1C(C)(C)C. The zero-order chi connectivity index (χ0) is 19.6. The summed E-state index contributed by atoms with van der Waals surface area (Å²) in [6.45, 7) is 20.6. The molecule has 0 spiro atoms. The molecular formula is C19H40B2N4. The van der Waals surface area contributed by atoms with E-state index in [9.17, 15) is 0 Å². The quantitative estimate of drug-likeness (QED) is 0.556. The molecule has 0 radical (unpaired) electrons. The first-order valence-corrected chi connectivity index (χ1v) is 9.56. The van der Waals surface area contributed by atoms with Crippen molar-refractivity contribution in [2.24, 2.45) is 0 Å². The van der Waals surface area contributed by atoms with Crippen molar-refractivity contribution >= 4 is 19.8 Å². The summed E-state index contributed by atoms with van der Waals surface area (Å²) < 4.78 is 4.88. The Bertz CT molecular complexity index is 482. The van der Waals surface area contributed by atoms with Gasteiger partial charge in [0.1, 0.15) is 0 Å². The number of allylic oxidation sites excluding steroid dienone is 1. The fourth-order valence-electron chi connectivity index (χ4n) is 2.85. The summed E-state index contributed by atoms with van der Waals surface area (Å²) >= 11 is 0. The second-order valence-electron chi connectivity index (χ2n) is 7.61. The summed E-state index contributed by atoms with van der Waals surface area (Å²) in [5.41, 5.74) is 0.0929. The van der Waals surface area contributed by atoms with Gasteiger partial charge in [-0.2, -0.15) is 0 Å². The molecule has 0 aliphatic rings. The Hall–Kier alpha value is -1.13. The first kappa shape index (κ1) is 23.9. The van der Waals surface area contributed by atoms with Gasteiger partial charge in [-0.25, -0.2) is 0 Å². The van der Waals surface area contributed by atoms with E-state index in [1.807, 2.05) is 14.0 Å². The van der Waals surface area contributed by atoms with Crippen LogP contribution in [0.3, 0.4) is 0 Å². The molecule has 1 N–H and O–H groups in total. The van der Waals surface area contributed by atoms with Crippen molar-refractivity contribution < 1.29 is 0 Å². The van der Waals surface area contributed by atoms with Crippen LogP contribution in [0.25, 0.3) is 0 Å². The maximum atomic E-state index is 3.39. The molecule has 25 heavy (non-hydrogen) atoms. The van der Waals surface area contributed by atoms with Gasteiger partial charge >= 0.3 is 6.98 Å². The molecule has 0 aliphatic carbocycles. The van der Waals surface area contributed by atoms with E-state index in [0.717, 1.165) is 6.54 Å². The van der Waals surface area contributed by atoms with Crippen LogP contribution in [0.1, 0.15) is 47.5 Å². The minimum absolute atomic E-state index is 0.0929. The summed E-state index contributed by atoms with van der Waals surface area (Å²) in [7, 11) is 4.23. The van der Waals surface area contributed by atoms with E-state index >= 15 is 0 Å². The van der Waals surface area contributed by atoms with Crippen LogP contribution in [0.15, 0.2) is 31.0 Å². The third-order valence-corrected chi connectivity index (χ3v) is 4.54. The second kappa shape index (κ2) is 11.5. The van der Waals surface area contributed by atoms with Crippen LogP contribution in [-0.2, 0) is 5.54 Å². The number of aromatic nitrogens is 1. The summed E-state index contributed by atoms with van der Waals surface area (Å²) in [6.07, 6.45) is 6.38. The average Bonchev–Trinajstić information content (AvgIpc) is 3.04. The predicted molar refractivity (Wildman–Crippen MR) is 118 cm³/mol. The van der Waals surface area contributed by atoms with Crippen molar-refractivity contribution in [3.63, 3.8) is 0 Å². The molecular weight excluding hydrogens is 306 g/mol. The van der Waals surface area contributed by atoms with Gasteiger partial charge in [0.05, 0.1) is 5.82 Å². The fraction of sp³-hybridized carbons (Fsp3) is 0.684. The number of nitrogens with zero attached hydrogens (tertiary/aromatic N) is 3. The Morgan fingerprint density at radius 1 is 1.32 bits per heavy atom. The molecule has 4 nitrogen and oxygen atoms in total. The van der Waals surface area contributed by atoms with Gasteiger partial charge in [0.15, 0.2) is 0 Å². The van der Waals surface area contributed by atoms with Gasteiger partial charge in [-0.1, -0.05) is 33.1 Å². The number of unbranched alkanes of at least 4 members (excludes halogenated alkanes) is 1. The van der Waals surface area contributed by atoms with Crippen molar-refractivity contribution in [3.8, 4) is 0 Å². The molecule has 0 saturated heterocycles. The predicted octanol–water partition coefficient (Wildman–Crippen LogP) is 4.43. The van der Waals surface area contributed by atoms with Crippen LogP contribution in [0.2, 0.25) is 13.6 Å². The lowest BCUT2D eigenvalue weighted by molar-refractivity contribution is 0.401. The Labute approximate surface area is 157 Å². The molecule has 0 amide bonds. The molecule has 0 fully saturated rings. The van der Waals surface area contributed by atoms with E-state index in [2.05, 4.69) is 92.6 Å². The van der Waals surface area contributed by atoms with Crippen LogP contribution in [-0.4, -0.2) is 43.9 Å². The van der Waals surface area contributed by atoms with Crippen LogP contribution in [0.4, 0.5) is 5.82 Å². The Balaban J connectivity index is 0.00000178. The van der Waals surface area contributed by atoms with E-state index in [-0.39, 0.29) is 5.54 Å². The summed E-state index contributed by atoms with van der Waals surface area (Å²) in [4.78, 5) is 2.38. The highest BCUT2D eigenvalue weighted by molar-refractivity contribution is 6.72. The Kier molecular flexibility index (Phi) is 11.0. The molecule has 0 atom stereocenters. The lowest BCUT2D eigenvalue weighted by Gasteiger charge is -2.38. The zero-order valence-electron chi connectivity index (χ0n) is 18.1. The van der Waals surface area contributed by atoms with Gasteiger partial charge < -0.3 is 19.3 Å². The van der Waals surface area contributed by atoms with E-state index < -0.39 is 0 Å². The summed E-state index contributed by atoms with van der Waals surface area (Å²) in [5, 5.41) is 3.39. The molecule has 1 aromatic heterocycles. The van der Waals surface area contributed by atoms with Gasteiger partial charge in [0, 0.05) is 11.7 Å². The maximum Gasteiger partial charge on any atom is 0.330 e. The molecule has 0 aliphatic heterocycles. The van der Waals surface area contributed by atoms with Gasteiger partial charge in [-0.15, -0.1) is 6.58 Å². The van der Waals surface area contributed by atoms with E-state index in [4.69, 9.17) is 0 Å². The lowest BCUT2D eigenvalue weighted by atomic mass is 9.61. The molecule has 0 aromatic carbocycles. The minimum atomic E-state index is 0.0929. The summed E-state index contributed by atoms with van der Waals surface area (Å²) in [5.74, 6) is 1.27. The van der Waals surface area contributed by atoms with Crippen LogP contribution < -0.4 is 10.0 Å². The van der Waals surface area contributed by atoms with Gasteiger partial charge in [-0.05, 0) is 66.9 Å². The Morgan fingerprint density at radius 2 is 1.88 bits per heavy atom. The highest BCUT2D eigenvalue weighted by atomic mass is 15.3. The van der Waals surface area contributed by atoms with Crippen molar-refractivity contribution in [1.82, 2.24) is 14.5 Å². The van der Waals surface area contributed by atoms with Crippen molar-refractivity contribution in [3.05, 3.63) is 31.0 Å². The first-order chi connectivity index (χ1) is 11.6. The van der Waals surface area contributed by atoms with E-state index in [1.165, 1.54) is 18.7 Å². The van der Waals surface area contributed by atoms with Crippen molar-refractivity contribution in [2.75, 3.05) is 25.5 Å². The Morgan fingerprint density at radius 3 is 2.32 bits per heavy atom. The minimum Gasteiger partial charge on any atom is -0.391 e. The molecule has 0 saturated carbocycles. The van der Waals surface area contributed by atoms with E-state index in [1.54, 1.807) is 6.08 Å². The standard InChI is InChI=1S/C16H34B2N4.C3H6/c1-9-10-14-22(17(5)19-7)18(6)20(8)15-12-11-13-21(15)16(2,3)4;1-3-2/h11-13,19H,9-10,14H2,1-8H3;3H,1H2,2H3. The average molecular weight is 346 g/mol. The van der Waals surface area contributed by atoms with Crippen LogP contribution >= 0.6 is 0 Å². The molecule has 142 valence electrons. The van der Waals surface area contributed by atoms with Gasteiger partial charge in [0.2, 0.25) is 0 Å². The number of anilines is 1. The normalized spacial score (nSPS) is 11.0. The molecule has 6 heteroatoms. The highest BCUT2D eigenvalue weighted by Crippen LogP contribution is 2.25. The number of rotatable bonds is 8. The van der Waals surface area contributed by atoms with E-state index in [0.29, 0.717) is 14.0 Å². The van der Waals surface area contributed by atoms with Crippen LogP contribution in [0.5, 0.6) is 0 Å². The number of hydrogen-bond donors (Lipinski definition) is 1. The van der Waals surface area contributed by atoms with Crippen molar-refractivity contribution in [1.29, 1.82) is 0 Å². The number of hydrogen-bond acceptors (Lipinski definition) is 3. The lowest BCUT2D eigenvalue weighted by Crippen LogP contribution is -2.59. The monoisotopic (exact) mass is 346 g/mol. The molecule has 0 unspecified atom stereocenters. The van der Waals surface area contributed by atoms with Gasteiger partial charge in [0.25, 0.3) is 6.98 Å². The smallest absolute Gasteiger partial charge is 0.330 e.